The second-order valence-electron chi connectivity index (χ2n) is 5.32. The molecular formula is C13H22O3. The van der Waals surface area contributed by atoms with Gasteiger partial charge in [0.2, 0.25) is 0 Å². The van der Waals surface area contributed by atoms with E-state index in [2.05, 4.69) is 6.92 Å². The van der Waals surface area contributed by atoms with Crippen LogP contribution in [-0.4, -0.2) is 23.3 Å². The Labute approximate surface area is 97.2 Å². The van der Waals surface area contributed by atoms with Crippen molar-refractivity contribution in [2.45, 2.75) is 57.5 Å². The maximum atomic E-state index is 11.2. The number of carboxylic acid groups (broad SMARTS) is 1. The normalized spacial score (nSPS) is 39.1. The topological polar surface area (TPSA) is 46.5 Å². The molecule has 3 nitrogen and oxygen atoms in total. The lowest BCUT2D eigenvalue weighted by atomic mass is 9.71. The van der Waals surface area contributed by atoms with Gasteiger partial charge in [0, 0.05) is 6.61 Å². The minimum atomic E-state index is -0.661. The summed E-state index contributed by atoms with van der Waals surface area (Å²) in [7, 11) is 0. The zero-order chi connectivity index (χ0) is 11.6. The largest absolute Gasteiger partial charge is 0.481 e. The molecule has 0 amide bonds. The summed E-state index contributed by atoms with van der Waals surface area (Å²) in [5.74, 6) is -0.115. The van der Waals surface area contributed by atoms with E-state index in [1.54, 1.807) is 0 Å². The smallest absolute Gasteiger partial charge is 0.309 e. The molecule has 1 N–H and O–H groups in total. The van der Waals surface area contributed by atoms with Gasteiger partial charge in [-0.1, -0.05) is 19.8 Å². The van der Waals surface area contributed by atoms with Gasteiger partial charge in [-0.05, 0) is 38.0 Å². The van der Waals surface area contributed by atoms with Crippen LogP contribution in [0.1, 0.15) is 51.9 Å². The van der Waals surface area contributed by atoms with E-state index in [1.807, 2.05) is 0 Å². The Hall–Kier alpha value is -0.570. The van der Waals surface area contributed by atoms with Crippen LogP contribution in [-0.2, 0) is 9.53 Å². The van der Waals surface area contributed by atoms with E-state index in [1.165, 1.54) is 12.8 Å². The van der Waals surface area contributed by atoms with Crippen molar-refractivity contribution in [3.8, 4) is 0 Å². The maximum absolute atomic E-state index is 11.2. The number of hydrogen-bond donors (Lipinski definition) is 1. The summed E-state index contributed by atoms with van der Waals surface area (Å²) in [6.45, 7) is 2.85. The Morgan fingerprint density at radius 1 is 1.38 bits per heavy atom. The molecule has 1 atom stereocenters. The Morgan fingerprint density at radius 2 is 2.06 bits per heavy atom. The van der Waals surface area contributed by atoms with E-state index in [0.29, 0.717) is 13.0 Å². The van der Waals surface area contributed by atoms with Crippen LogP contribution in [0.5, 0.6) is 0 Å². The van der Waals surface area contributed by atoms with E-state index in [-0.39, 0.29) is 11.5 Å². The molecule has 2 fully saturated rings. The molecule has 0 aromatic rings. The highest BCUT2D eigenvalue weighted by Gasteiger charge is 2.49. The zero-order valence-electron chi connectivity index (χ0n) is 10.1. The Morgan fingerprint density at radius 3 is 2.62 bits per heavy atom. The van der Waals surface area contributed by atoms with E-state index in [4.69, 9.17) is 4.74 Å². The third-order valence-corrected chi connectivity index (χ3v) is 4.38. The minimum absolute atomic E-state index is 0.255. The summed E-state index contributed by atoms with van der Waals surface area (Å²) in [5, 5.41) is 9.22. The summed E-state index contributed by atoms with van der Waals surface area (Å²) < 4.78 is 5.80. The SMILES string of the molecule is CCCC1CCC2(CC1)OCCC2C(=O)O. The molecule has 2 aliphatic rings. The predicted molar refractivity (Wildman–Crippen MR) is 61.3 cm³/mol. The van der Waals surface area contributed by atoms with Gasteiger partial charge in [-0.25, -0.2) is 0 Å². The quantitative estimate of drug-likeness (QED) is 0.805. The predicted octanol–water partition coefficient (Wildman–Crippen LogP) is 2.84. The molecule has 1 saturated heterocycles. The van der Waals surface area contributed by atoms with Gasteiger partial charge in [-0.3, -0.25) is 4.79 Å². The molecule has 0 bridgehead atoms. The van der Waals surface area contributed by atoms with E-state index < -0.39 is 5.97 Å². The van der Waals surface area contributed by atoms with E-state index in [0.717, 1.165) is 31.6 Å². The van der Waals surface area contributed by atoms with Crippen molar-refractivity contribution in [2.75, 3.05) is 6.61 Å². The Kier molecular flexibility index (Phi) is 3.53. The van der Waals surface area contributed by atoms with Crippen molar-refractivity contribution < 1.29 is 14.6 Å². The molecule has 1 heterocycles. The van der Waals surface area contributed by atoms with Crippen LogP contribution in [0.2, 0.25) is 0 Å². The number of carboxylic acids is 1. The van der Waals surface area contributed by atoms with Crippen molar-refractivity contribution >= 4 is 5.97 Å². The van der Waals surface area contributed by atoms with Crippen LogP contribution in [0.3, 0.4) is 0 Å². The monoisotopic (exact) mass is 226 g/mol. The number of carbonyl (C=O) groups is 1. The highest BCUT2D eigenvalue weighted by atomic mass is 16.5. The third kappa shape index (κ3) is 2.10. The molecule has 92 valence electrons. The molecule has 2 rings (SSSR count). The standard InChI is InChI=1S/C13H22O3/c1-2-3-10-4-7-13(8-5-10)11(12(14)15)6-9-16-13/h10-11H,2-9H2,1H3,(H,14,15). The second kappa shape index (κ2) is 4.74. The van der Waals surface area contributed by atoms with Gasteiger partial charge in [0.15, 0.2) is 0 Å². The summed E-state index contributed by atoms with van der Waals surface area (Å²) in [4.78, 5) is 11.2. The molecule has 1 aliphatic carbocycles. The average Bonchev–Trinajstić information content (AvgIpc) is 2.66. The van der Waals surface area contributed by atoms with Gasteiger partial charge >= 0.3 is 5.97 Å². The molecular weight excluding hydrogens is 204 g/mol. The van der Waals surface area contributed by atoms with Gasteiger partial charge in [-0.2, -0.15) is 0 Å². The molecule has 0 radical (unpaired) electrons. The third-order valence-electron chi connectivity index (χ3n) is 4.38. The molecule has 1 aliphatic heterocycles. The lowest BCUT2D eigenvalue weighted by molar-refractivity contribution is -0.151. The average molecular weight is 226 g/mol. The first-order valence-electron chi connectivity index (χ1n) is 6.55. The fraction of sp³-hybridized carbons (Fsp3) is 0.923. The van der Waals surface area contributed by atoms with Crippen LogP contribution < -0.4 is 0 Å². The lowest BCUT2D eigenvalue weighted by Gasteiger charge is -2.39. The number of aliphatic carboxylic acids is 1. The first kappa shape index (κ1) is 11.9. The Balaban J connectivity index is 1.97. The molecule has 0 aromatic carbocycles. The van der Waals surface area contributed by atoms with E-state index in [9.17, 15) is 9.90 Å². The van der Waals surface area contributed by atoms with E-state index >= 15 is 0 Å². The molecule has 0 aromatic heterocycles. The second-order valence-corrected chi connectivity index (χ2v) is 5.32. The van der Waals surface area contributed by atoms with Crippen LogP contribution >= 0.6 is 0 Å². The van der Waals surface area contributed by atoms with Gasteiger partial charge in [-0.15, -0.1) is 0 Å². The van der Waals surface area contributed by atoms with Gasteiger partial charge in [0.1, 0.15) is 0 Å². The molecule has 1 saturated carbocycles. The first-order valence-corrected chi connectivity index (χ1v) is 6.55. The fourth-order valence-corrected chi connectivity index (χ4v) is 3.45. The molecule has 1 unspecified atom stereocenters. The molecule has 16 heavy (non-hydrogen) atoms. The van der Waals surface area contributed by atoms with Crippen molar-refractivity contribution in [1.29, 1.82) is 0 Å². The number of hydrogen-bond acceptors (Lipinski definition) is 2. The van der Waals surface area contributed by atoms with Crippen LogP contribution in [0.25, 0.3) is 0 Å². The van der Waals surface area contributed by atoms with Gasteiger partial charge in [0.05, 0.1) is 11.5 Å². The lowest BCUT2D eigenvalue weighted by Crippen LogP contribution is -2.42. The highest BCUT2D eigenvalue weighted by molar-refractivity contribution is 5.72. The van der Waals surface area contributed by atoms with Crippen LogP contribution in [0.4, 0.5) is 0 Å². The first-order chi connectivity index (χ1) is 7.68. The highest BCUT2D eigenvalue weighted by Crippen LogP contribution is 2.46. The molecule has 3 heteroatoms. The summed E-state index contributed by atoms with van der Waals surface area (Å²) in [6, 6.07) is 0. The van der Waals surface area contributed by atoms with Crippen LogP contribution in [0, 0.1) is 11.8 Å². The van der Waals surface area contributed by atoms with Crippen molar-refractivity contribution in [2.24, 2.45) is 11.8 Å². The van der Waals surface area contributed by atoms with Gasteiger partial charge < -0.3 is 9.84 Å². The minimum Gasteiger partial charge on any atom is -0.481 e. The van der Waals surface area contributed by atoms with Crippen LogP contribution in [0.15, 0.2) is 0 Å². The number of ether oxygens (including phenoxy) is 1. The fourth-order valence-electron chi connectivity index (χ4n) is 3.45. The Bertz CT molecular complexity index is 254. The summed E-state index contributed by atoms with van der Waals surface area (Å²) >= 11 is 0. The zero-order valence-corrected chi connectivity index (χ0v) is 10.1. The van der Waals surface area contributed by atoms with Crippen molar-refractivity contribution in [3.05, 3.63) is 0 Å². The summed E-state index contributed by atoms with van der Waals surface area (Å²) in [5.41, 5.74) is -0.309. The van der Waals surface area contributed by atoms with Gasteiger partial charge in [0.25, 0.3) is 0 Å². The van der Waals surface area contributed by atoms with Crippen molar-refractivity contribution in [3.63, 3.8) is 0 Å². The van der Waals surface area contributed by atoms with Crippen molar-refractivity contribution in [1.82, 2.24) is 0 Å². The number of rotatable bonds is 3. The maximum Gasteiger partial charge on any atom is 0.309 e. The summed E-state index contributed by atoms with van der Waals surface area (Å²) in [6.07, 6.45) is 7.43. The molecule has 1 spiro atoms.